The van der Waals surface area contributed by atoms with Gasteiger partial charge in [-0.15, -0.1) is 0 Å². The number of hydrogen-bond acceptors (Lipinski definition) is 2. The summed E-state index contributed by atoms with van der Waals surface area (Å²) in [5, 5.41) is 0. The van der Waals surface area contributed by atoms with Gasteiger partial charge in [0.15, 0.2) is 0 Å². The summed E-state index contributed by atoms with van der Waals surface area (Å²) in [5.41, 5.74) is 2.39. The van der Waals surface area contributed by atoms with E-state index in [9.17, 15) is 0 Å². The Morgan fingerprint density at radius 1 is 0.600 bits per heavy atom. The zero-order valence-corrected chi connectivity index (χ0v) is 14.7. The van der Waals surface area contributed by atoms with Crippen LogP contribution in [-0.4, -0.2) is 6.61 Å². The maximum Gasteiger partial charge on any atom is 0.127 e. The molecule has 0 aliphatic carbocycles. The van der Waals surface area contributed by atoms with Crippen molar-refractivity contribution in [2.75, 3.05) is 6.61 Å². The minimum absolute atomic E-state index is 0.773. The van der Waals surface area contributed by atoms with Crippen LogP contribution in [0.15, 0.2) is 78.9 Å². The van der Waals surface area contributed by atoms with Crippen LogP contribution in [0.25, 0.3) is 11.1 Å². The molecule has 3 aromatic rings. The summed E-state index contributed by atoms with van der Waals surface area (Å²) in [4.78, 5) is 0. The van der Waals surface area contributed by atoms with Crippen LogP contribution in [0, 0.1) is 0 Å². The van der Waals surface area contributed by atoms with Gasteiger partial charge in [0, 0.05) is 0 Å². The molecule has 0 amide bonds. The standard InChI is InChI=1S/C23H24O2/c1-2-3-7-18-24-21-14-16-23(17-15-21)25-22-12-10-20(11-13-22)19-8-5-4-6-9-19/h4-6,8-17H,2-3,7,18H2,1H3. The molecule has 0 bridgehead atoms. The van der Waals surface area contributed by atoms with Crippen LogP contribution in [0.5, 0.6) is 17.2 Å². The summed E-state index contributed by atoms with van der Waals surface area (Å²) in [7, 11) is 0. The van der Waals surface area contributed by atoms with E-state index in [-0.39, 0.29) is 0 Å². The van der Waals surface area contributed by atoms with E-state index in [1.54, 1.807) is 0 Å². The van der Waals surface area contributed by atoms with E-state index in [1.165, 1.54) is 24.0 Å². The highest BCUT2D eigenvalue weighted by atomic mass is 16.5. The zero-order chi connectivity index (χ0) is 17.3. The Labute approximate surface area is 150 Å². The predicted octanol–water partition coefficient (Wildman–Crippen LogP) is 6.71. The van der Waals surface area contributed by atoms with Crippen LogP contribution in [0.4, 0.5) is 0 Å². The van der Waals surface area contributed by atoms with Crippen LogP contribution in [0.2, 0.25) is 0 Å². The van der Waals surface area contributed by atoms with Crippen molar-refractivity contribution in [2.24, 2.45) is 0 Å². The van der Waals surface area contributed by atoms with Gasteiger partial charge >= 0.3 is 0 Å². The topological polar surface area (TPSA) is 18.5 Å². The van der Waals surface area contributed by atoms with Crippen molar-refractivity contribution in [1.82, 2.24) is 0 Å². The Morgan fingerprint density at radius 3 is 1.80 bits per heavy atom. The number of hydrogen-bond donors (Lipinski definition) is 0. The third-order valence-corrected chi connectivity index (χ3v) is 4.04. The molecule has 0 atom stereocenters. The lowest BCUT2D eigenvalue weighted by molar-refractivity contribution is 0.306. The molecule has 3 rings (SSSR count). The minimum Gasteiger partial charge on any atom is -0.494 e. The summed E-state index contributed by atoms with van der Waals surface area (Å²) in [6.07, 6.45) is 3.52. The van der Waals surface area contributed by atoms with E-state index in [1.807, 2.05) is 54.6 Å². The average Bonchev–Trinajstić information content (AvgIpc) is 2.68. The summed E-state index contributed by atoms with van der Waals surface area (Å²) >= 11 is 0. The van der Waals surface area contributed by atoms with Gasteiger partial charge in [0.25, 0.3) is 0 Å². The maximum absolute atomic E-state index is 5.91. The molecular weight excluding hydrogens is 308 g/mol. The maximum atomic E-state index is 5.91. The number of unbranched alkanes of at least 4 members (excludes halogenated alkanes) is 2. The highest BCUT2D eigenvalue weighted by molar-refractivity contribution is 5.64. The van der Waals surface area contributed by atoms with Crippen molar-refractivity contribution in [3.63, 3.8) is 0 Å². The quantitative estimate of drug-likeness (QED) is 0.426. The first-order chi connectivity index (χ1) is 12.3. The van der Waals surface area contributed by atoms with Gasteiger partial charge < -0.3 is 9.47 Å². The van der Waals surface area contributed by atoms with Crippen molar-refractivity contribution in [1.29, 1.82) is 0 Å². The molecule has 0 N–H and O–H groups in total. The first-order valence-electron chi connectivity index (χ1n) is 8.91. The van der Waals surface area contributed by atoms with Crippen LogP contribution < -0.4 is 9.47 Å². The number of rotatable bonds is 8. The van der Waals surface area contributed by atoms with Gasteiger partial charge in [0.2, 0.25) is 0 Å². The van der Waals surface area contributed by atoms with Crippen LogP contribution in [0.3, 0.4) is 0 Å². The summed E-state index contributed by atoms with van der Waals surface area (Å²) in [6, 6.07) is 26.3. The normalized spacial score (nSPS) is 10.4. The summed E-state index contributed by atoms with van der Waals surface area (Å²) in [6.45, 7) is 2.97. The molecule has 0 radical (unpaired) electrons. The smallest absolute Gasteiger partial charge is 0.127 e. The SMILES string of the molecule is CCCCCOc1ccc(Oc2ccc(-c3ccccc3)cc2)cc1. The Balaban J connectivity index is 1.57. The van der Waals surface area contributed by atoms with E-state index < -0.39 is 0 Å². The molecule has 0 unspecified atom stereocenters. The van der Waals surface area contributed by atoms with Gasteiger partial charge in [0.05, 0.1) is 6.61 Å². The molecule has 128 valence electrons. The monoisotopic (exact) mass is 332 g/mol. The minimum atomic E-state index is 0.773. The Hall–Kier alpha value is -2.74. The number of benzene rings is 3. The predicted molar refractivity (Wildman–Crippen MR) is 103 cm³/mol. The molecule has 0 fully saturated rings. The van der Waals surface area contributed by atoms with Crippen molar-refractivity contribution in [3.8, 4) is 28.4 Å². The molecule has 25 heavy (non-hydrogen) atoms. The van der Waals surface area contributed by atoms with E-state index in [0.29, 0.717) is 0 Å². The van der Waals surface area contributed by atoms with Gasteiger partial charge in [-0.2, -0.15) is 0 Å². The fourth-order valence-corrected chi connectivity index (χ4v) is 2.63. The molecule has 3 aromatic carbocycles. The lowest BCUT2D eigenvalue weighted by Crippen LogP contribution is -1.96. The number of ether oxygens (including phenoxy) is 2. The van der Waals surface area contributed by atoms with Gasteiger partial charge in [-0.05, 0) is 53.9 Å². The molecule has 0 spiro atoms. The van der Waals surface area contributed by atoms with Crippen molar-refractivity contribution < 1.29 is 9.47 Å². The molecule has 2 nitrogen and oxygen atoms in total. The van der Waals surface area contributed by atoms with Crippen LogP contribution in [-0.2, 0) is 0 Å². The highest BCUT2D eigenvalue weighted by Gasteiger charge is 2.01. The van der Waals surface area contributed by atoms with Gasteiger partial charge in [-0.1, -0.05) is 62.2 Å². The summed E-state index contributed by atoms with van der Waals surface area (Å²) < 4.78 is 11.6. The van der Waals surface area contributed by atoms with Crippen LogP contribution >= 0.6 is 0 Å². The molecule has 0 aliphatic heterocycles. The lowest BCUT2D eigenvalue weighted by atomic mass is 10.1. The Bertz CT molecular complexity index is 746. The zero-order valence-electron chi connectivity index (χ0n) is 14.7. The Morgan fingerprint density at radius 2 is 1.16 bits per heavy atom. The molecule has 0 saturated heterocycles. The van der Waals surface area contributed by atoms with Crippen molar-refractivity contribution in [2.45, 2.75) is 26.2 Å². The van der Waals surface area contributed by atoms with Crippen molar-refractivity contribution in [3.05, 3.63) is 78.9 Å². The average molecular weight is 332 g/mol. The molecule has 0 aliphatic rings. The fourth-order valence-electron chi connectivity index (χ4n) is 2.63. The van der Waals surface area contributed by atoms with Crippen LogP contribution in [0.1, 0.15) is 26.2 Å². The second-order valence-corrected chi connectivity index (χ2v) is 6.02. The first kappa shape index (κ1) is 17.1. The molecular formula is C23H24O2. The third kappa shape index (κ3) is 5.12. The highest BCUT2D eigenvalue weighted by Crippen LogP contribution is 2.27. The molecule has 0 aromatic heterocycles. The molecule has 0 heterocycles. The van der Waals surface area contributed by atoms with Gasteiger partial charge in [0.1, 0.15) is 17.2 Å². The largest absolute Gasteiger partial charge is 0.494 e. The third-order valence-electron chi connectivity index (χ3n) is 4.04. The first-order valence-corrected chi connectivity index (χ1v) is 8.91. The second kappa shape index (κ2) is 8.93. The van der Waals surface area contributed by atoms with E-state index in [4.69, 9.17) is 9.47 Å². The second-order valence-electron chi connectivity index (χ2n) is 6.02. The van der Waals surface area contributed by atoms with E-state index in [0.717, 1.165) is 30.3 Å². The lowest BCUT2D eigenvalue weighted by Gasteiger charge is -2.09. The van der Waals surface area contributed by atoms with Gasteiger partial charge in [-0.3, -0.25) is 0 Å². The summed E-state index contributed by atoms with van der Waals surface area (Å²) in [5.74, 6) is 2.53. The fraction of sp³-hybridized carbons (Fsp3) is 0.217. The molecule has 0 saturated carbocycles. The van der Waals surface area contributed by atoms with Gasteiger partial charge in [-0.25, -0.2) is 0 Å². The van der Waals surface area contributed by atoms with Crippen molar-refractivity contribution >= 4 is 0 Å². The molecule has 2 heteroatoms. The van der Waals surface area contributed by atoms with E-state index in [2.05, 4.69) is 31.2 Å². The Kier molecular flexibility index (Phi) is 6.11. The van der Waals surface area contributed by atoms with E-state index >= 15 is 0 Å².